The van der Waals surface area contributed by atoms with Crippen molar-refractivity contribution in [3.63, 3.8) is 0 Å². The van der Waals surface area contributed by atoms with E-state index in [0.717, 1.165) is 22.0 Å². The zero-order chi connectivity index (χ0) is 21.3. The molecule has 0 bridgehead atoms. The number of para-hydroxylation sites is 1. The van der Waals surface area contributed by atoms with E-state index in [1.807, 2.05) is 48.7 Å². The summed E-state index contributed by atoms with van der Waals surface area (Å²) in [5.74, 6) is -0.405. The van der Waals surface area contributed by atoms with Crippen LogP contribution in [0.1, 0.15) is 21.5 Å². The van der Waals surface area contributed by atoms with Gasteiger partial charge in [-0.2, -0.15) is 0 Å². The van der Waals surface area contributed by atoms with Gasteiger partial charge >= 0.3 is 5.97 Å². The molecule has 1 aromatic heterocycles. The maximum Gasteiger partial charge on any atom is 0.337 e. The van der Waals surface area contributed by atoms with Crippen LogP contribution in [0.25, 0.3) is 17.0 Å². The number of nitrogens with zero attached hydrogens (tertiary/aromatic N) is 3. The van der Waals surface area contributed by atoms with E-state index in [9.17, 15) is 9.59 Å². The van der Waals surface area contributed by atoms with Crippen LogP contribution in [0.3, 0.4) is 0 Å². The number of aromatic nitrogens is 1. The Balaban J connectivity index is 1.73. The smallest absolute Gasteiger partial charge is 0.337 e. The van der Waals surface area contributed by atoms with Gasteiger partial charge in [0.25, 0.3) is 5.91 Å². The Morgan fingerprint density at radius 3 is 2.73 bits per heavy atom. The van der Waals surface area contributed by atoms with Gasteiger partial charge in [0.15, 0.2) is 5.17 Å². The van der Waals surface area contributed by atoms with E-state index in [1.165, 1.54) is 18.9 Å². The molecule has 7 heteroatoms. The Morgan fingerprint density at radius 1 is 1.20 bits per heavy atom. The summed E-state index contributed by atoms with van der Waals surface area (Å²) in [5, 5.41) is 1.75. The summed E-state index contributed by atoms with van der Waals surface area (Å²) in [4.78, 5) is 30.8. The SMILES string of the molecule is CN=C1S/C(=C\c2cn(Cc3cccc(C(=O)OC)c3)c3ccccc23)C(=O)N1C. The third-order valence-corrected chi connectivity index (χ3v) is 6.15. The van der Waals surface area contributed by atoms with Crippen molar-refractivity contribution in [2.24, 2.45) is 4.99 Å². The van der Waals surface area contributed by atoms with Gasteiger partial charge in [0.05, 0.1) is 17.6 Å². The Morgan fingerprint density at radius 2 is 2.00 bits per heavy atom. The van der Waals surface area contributed by atoms with Gasteiger partial charge in [-0.15, -0.1) is 0 Å². The molecule has 0 spiro atoms. The lowest BCUT2D eigenvalue weighted by Gasteiger charge is -2.07. The van der Waals surface area contributed by atoms with E-state index in [0.29, 0.717) is 22.2 Å². The number of likely N-dealkylation sites (N-methyl/N-ethyl adjacent to an activating group) is 1. The third kappa shape index (κ3) is 3.64. The molecular formula is C23H21N3O3S. The van der Waals surface area contributed by atoms with Crippen molar-refractivity contribution in [1.29, 1.82) is 0 Å². The van der Waals surface area contributed by atoms with Crippen molar-refractivity contribution in [3.8, 4) is 0 Å². The molecule has 0 aliphatic carbocycles. The van der Waals surface area contributed by atoms with Crippen molar-refractivity contribution in [2.75, 3.05) is 21.2 Å². The molecule has 4 rings (SSSR count). The second-order valence-corrected chi connectivity index (χ2v) is 7.91. The van der Waals surface area contributed by atoms with Crippen LogP contribution in [0.5, 0.6) is 0 Å². The van der Waals surface area contributed by atoms with Crippen molar-refractivity contribution in [1.82, 2.24) is 9.47 Å². The second-order valence-electron chi connectivity index (χ2n) is 6.90. The number of fused-ring (bicyclic) bond motifs is 1. The average molecular weight is 420 g/mol. The molecule has 152 valence electrons. The Labute approximate surface area is 178 Å². The average Bonchev–Trinajstić information content (AvgIpc) is 3.25. The highest BCUT2D eigenvalue weighted by Gasteiger charge is 2.30. The van der Waals surface area contributed by atoms with Gasteiger partial charge in [-0.05, 0) is 41.6 Å². The molecule has 1 fully saturated rings. The van der Waals surface area contributed by atoms with Crippen LogP contribution in [0.4, 0.5) is 0 Å². The first-order valence-electron chi connectivity index (χ1n) is 9.41. The first-order valence-corrected chi connectivity index (χ1v) is 10.2. The van der Waals surface area contributed by atoms with Crippen molar-refractivity contribution < 1.29 is 14.3 Å². The predicted octanol–water partition coefficient (Wildman–Crippen LogP) is 4.01. The molecule has 1 amide bonds. The maximum atomic E-state index is 12.5. The van der Waals surface area contributed by atoms with E-state index < -0.39 is 0 Å². The molecular weight excluding hydrogens is 398 g/mol. The Hall–Kier alpha value is -3.32. The zero-order valence-corrected chi connectivity index (χ0v) is 17.8. The standard InChI is InChI=1S/C23H21N3O3S/c1-24-23-25(2)21(27)20(30-23)12-17-14-26(19-10-5-4-9-18(17)19)13-15-7-6-8-16(11-15)22(28)29-3/h4-12,14H,13H2,1-3H3/b20-12-,24-23?. The number of esters is 1. The lowest BCUT2D eigenvalue weighted by molar-refractivity contribution is -0.121. The molecule has 1 aliphatic heterocycles. The van der Waals surface area contributed by atoms with Crippen molar-refractivity contribution in [2.45, 2.75) is 6.54 Å². The number of benzene rings is 2. The highest BCUT2D eigenvalue weighted by atomic mass is 32.2. The fourth-order valence-electron chi connectivity index (χ4n) is 3.52. The van der Waals surface area contributed by atoms with Crippen LogP contribution in [0.2, 0.25) is 0 Å². The van der Waals surface area contributed by atoms with Crippen molar-refractivity contribution >= 4 is 45.8 Å². The number of amidine groups is 1. The first-order chi connectivity index (χ1) is 14.5. The highest BCUT2D eigenvalue weighted by molar-refractivity contribution is 8.18. The van der Waals surface area contributed by atoms with Crippen LogP contribution >= 0.6 is 11.8 Å². The summed E-state index contributed by atoms with van der Waals surface area (Å²) in [7, 11) is 4.79. The minimum atomic E-state index is -0.353. The normalized spacial score (nSPS) is 16.8. The first kappa shape index (κ1) is 20.0. The Bertz CT molecular complexity index is 1210. The largest absolute Gasteiger partial charge is 0.465 e. The number of hydrogen-bond acceptors (Lipinski definition) is 5. The number of methoxy groups -OCH3 is 1. The van der Waals surface area contributed by atoms with Gasteiger partial charge in [-0.3, -0.25) is 14.7 Å². The van der Waals surface area contributed by atoms with E-state index in [4.69, 9.17) is 4.74 Å². The zero-order valence-electron chi connectivity index (χ0n) is 17.0. The number of ether oxygens (including phenoxy) is 1. The van der Waals surface area contributed by atoms with Gasteiger partial charge in [-0.25, -0.2) is 4.79 Å². The molecule has 0 saturated carbocycles. The molecule has 2 heterocycles. The number of amides is 1. The van der Waals surface area contributed by atoms with Crippen LogP contribution in [-0.2, 0) is 16.1 Å². The molecule has 2 aromatic carbocycles. The number of rotatable bonds is 4. The third-order valence-electron chi connectivity index (χ3n) is 5.00. The van der Waals surface area contributed by atoms with E-state index >= 15 is 0 Å². The maximum absolute atomic E-state index is 12.5. The van der Waals surface area contributed by atoms with Gasteiger partial charge < -0.3 is 9.30 Å². The molecule has 3 aromatic rings. The molecule has 6 nitrogen and oxygen atoms in total. The summed E-state index contributed by atoms with van der Waals surface area (Å²) in [6.45, 7) is 0.594. The fraction of sp³-hybridized carbons (Fsp3) is 0.174. The van der Waals surface area contributed by atoms with E-state index in [2.05, 4.69) is 15.6 Å². The van der Waals surface area contributed by atoms with Gasteiger partial charge in [0.2, 0.25) is 0 Å². The molecule has 0 radical (unpaired) electrons. The van der Waals surface area contributed by atoms with Crippen LogP contribution in [-0.4, -0.2) is 47.7 Å². The molecule has 30 heavy (non-hydrogen) atoms. The van der Waals surface area contributed by atoms with Gasteiger partial charge in [0.1, 0.15) is 0 Å². The van der Waals surface area contributed by atoms with E-state index in [1.54, 1.807) is 25.1 Å². The van der Waals surface area contributed by atoms with Gasteiger partial charge in [-0.1, -0.05) is 30.3 Å². The summed E-state index contributed by atoms with van der Waals surface area (Å²) >= 11 is 1.38. The highest BCUT2D eigenvalue weighted by Crippen LogP contribution is 2.33. The monoisotopic (exact) mass is 419 g/mol. The topological polar surface area (TPSA) is 63.9 Å². The van der Waals surface area contributed by atoms with Gasteiger partial charge in [0, 0.05) is 43.3 Å². The lowest BCUT2D eigenvalue weighted by Crippen LogP contribution is -2.23. The number of carbonyl (C=O) groups is 2. The molecule has 0 N–H and O–H groups in total. The fourth-order valence-corrected chi connectivity index (χ4v) is 4.44. The van der Waals surface area contributed by atoms with E-state index in [-0.39, 0.29) is 11.9 Å². The number of hydrogen-bond donors (Lipinski definition) is 0. The molecule has 0 atom stereocenters. The summed E-state index contributed by atoms with van der Waals surface area (Å²) in [6.07, 6.45) is 3.96. The van der Waals surface area contributed by atoms with Crippen molar-refractivity contribution in [3.05, 3.63) is 76.3 Å². The summed E-state index contributed by atoms with van der Waals surface area (Å²) in [5.41, 5.74) is 3.54. The number of thioether (sulfide) groups is 1. The van der Waals surface area contributed by atoms with Crippen LogP contribution in [0, 0.1) is 0 Å². The minimum Gasteiger partial charge on any atom is -0.465 e. The lowest BCUT2D eigenvalue weighted by atomic mass is 10.1. The summed E-state index contributed by atoms with van der Waals surface area (Å²) in [6, 6.07) is 15.5. The van der Waals surface area contributed by atoms with Crippen LogP contribution < -0.4 is 0 Å². The van der Waals surface area contributed by atoms with Crippen LogP contribution in [0.15, 0.2) is 64.6 Å². The predicted molar refractivity (Wildman–Crippen MR) is 121 cm³/mol. The summed E-state index contributed by atoms with van der Waals surface area (Å²) < 4.78 is 6.95. The molecule has 0 unspecified atom stereocenters. The molecule has 1 saturated heterocycles. The number of aliphatic imine (C=N–C) groups is 1. The quantitative estimate of drug-likeness (QED) is 0.474. The second kappa shape index (κ2) is 8.20. The number of carbonyl (C=O) groups excluding carboxylic acids is 2. The Kier molecular flexibility index (Phi) is 5.46. The minimum absolute atomic E-state index is 0.0526. The molecule has 1 aliphatic rings.